The molecular formula is C14H12F6N2. The van der Waals surface area contributed by atoms with E-state index in [9.17, 15) is 31.6 Å². The number of alkyl halides is 6. The molecule has 1 aliphatic rings. The second kappa shape index (κ2) is 5.47. The lowest BCUT2D eigenvalue weighted by Crippen LogP contribution is -2.39. The van der Waals surface area contributed by atoms with E-state index in [0.29, 0.717) is 25.2 Å². The molecule has 1 saturated heterocycles. The smallest absolute Gasteiger partial charge is 0.317 e. The predicted octanol–water partition coefficient (Wildman–Crippen LogP) is 3.87. The van der Waals surface area contributed by atoms with Gasteiger partial charge in [-0.25, -0.2) is 0 Å². The Kier molecular flexibility index (Phi) is 4.13. The largest absolute Gasteiger partial charge is 0.416 e. The minimum atomic E-state index is -4.90. The zero-order chi connectivity index (χ0) is 16.6. The van der Waals surface area contributed by atoms with E-state index < -0.39 is 28.9 Å². The van der Waals surface area contributed by atoms with Crippen LogP contribution in [0.2, 0.25) is 0 Å². The van der Waals surface area contributed by atoms with Gasteiger partial charge in [0.1, 0.15) is 0 Å². The SMILES string of the molecule is N#CC1(c2cc(C(F)(F)F)cc(C(F)(F)F)c2)CCNCC1. The minimum Gasteiger partial charge on any atom is -0.317 e. The van der Waals surface area contributed by atoms with Gasteiger partial charge in [-0.2, -0.15) is 31.6 Å². The Balaban J connectivity index is 2.62. The molecule has 1 aromatic rings. The van der Waals surface area contributed by atoms with Crippen molar-refractivity contribution in [3.63, 3.8) is 0 Å². The Labute approximate surface area is 122 Å². The lowest BCUT2D eigenvalue weighted by atomic mass is 9.73. The van der Waals surface area contributed by atoms with Crippen molar-refractivity contribution in [3.8, 4) is 6.07 Å². The van der Waals surface area contributed by atoms with E-state index in [4.69, 9.17) is 0 Å². The molecule has 0 aliphatic carbocycles. The second-order valence-electron chi connectivity index (χ2n) is 5.24. The third kappa shape index (κ3) is 3.19. The number of halogens is 6. The molecule has 2 nitrogen and oxygen atoms in total. The summed E-state index contributed by atoms with van der Waals surface area (Å²) >= 11 is 0. The average molecular weight is 322 g/mol. The van der Waals surface area contributed by atoms with E-state index in [1.807, 2.05) is 6.07 Å². The topological polar surface area (TPSA) is 35.8 Å². The molecular weight excluding hydrogens is 310 g/mol. The van der Waals surface area contributed by atoms with Gasteiger partial charge in [0.25, 0.3) is 0 Å². The highest BCUT2D eigenvalue weighted by Crippen LogP contribution is 2.41. The maximum Gasteiger partial charge on any atom is 0.416 e. The molecule has 0 spiro atoms. The Hall–Kier alpha value is -1.75. The Morgan fingerprint density at radius 2 is 1.36 bits per heavy atom. The third-order valence-corrected chi connectivity index (χ3v) is 3.81. The predicted molar refractivity (Wildman–Crippen MR) is 65.8 cm³/mol. The maximum atomic E-state index is 12.9. The van der Waals surface area contributed by atoms with Crippen LogP contribution in [0.1, 0.15) is 29.5 Å². The summed E-state index contributed by atoms with van der Waals surface area (Å²) in [5.74, 6) is 0. The summed E-state index contributed by atoms with van der Waals surface area (Å²) < 4.78 is 77.2. The molecule has 0 radical (unpaired) electrons. The molecule has 1 aliphatic heterocycles. The summed E-state index contributed by atoms with van der Waals surface area (Å²) in [4.78, 5) is 0. The maximum absolute atomic E-state index is 12.9. The van der Waals surface area contributed by atoms with Gasteiger partial charge in [-0.3, -0.25) is 0 Å². The number of nitrogens with zero attached hydrogens (tertiary/aromatic N) is 1. The van der Waals surface area contributed by atoms with E-state index in [1.54, 1.807) is 0 Å². The van der Waals surface area contributed by atoms with Crippen LogP contribution in [0.3, 0.4) is 0 Å². The molecule has 0 atom stereocenters. The van der Waals surface area contributed by atoms with Gasteiger partial charge in [0.2, 0.25) is 0 Å². The number of nitriles is 1. The van der Waals surface area contributed by atoms with Crippen molar-refractivity contribution < 1.29 is 26.3 Å². The van der Waals surface area contributed by atoms with E-state index in [1.165, 1.54) is 0 Å². The molecule has 22 heavy (non-hydrogen) atoms. The van der Waals surface area contributed by atoms with Gasteiger partial charge in [0.05, 0.1) is 22.6 Å². The lowest BCUT2D eigenvalue weighted by molar-refractivity contribution is -0.143. The van der Waals surface area contributed by atoms with Crippen molar-refractivity contribution in [1.29, 1.82) is 5.26 Å². The van der Waals surface area contributed by atoms with Crippen molar-refractivity contribution in [2.75, 3.05) is 13.1 Å². The number of nitrogens with one attached hydrogen (secondary N) is 1. The highest BCUT2D eigenvalue weighted by atomic mass is 19.4. The number of rotatable bonds is 1. The molecule has 2 rings (SSSR count). The molecule has 1 N–H and O–H groups in total. The van der Waals surface area contributed by atoms with Crippen LogP contribution in [0.4, 0.5) is 26.3 Å². The summed E-state index contributed by atoms with van der Waals surface area (Å²) in [6.45, 7) is 0.732. The lowest BCUT2D eigenvalue weighted by Gasteiger charge is -2.32. The zero-order valence-corrected chi connectivity index (χ0v) is 11.3. The molecule has 0 aromatic heterocycles. The van der Waals surface area contributed by atoms with Gasteiger partial charge < -0.3 is 5.32 Å². The fourth-order valence-corrected chi connectivity index (χ4v) is 2.55. The fraction of sp³-hybridized carbons (Fsp3) is 0.500. The monoisotopic (exact) mass is 322 g/mol. The second-order valence-corrected chi connectivity index (χ2v) is 5.24. The van der Waals surface area contributed by atoms with Gasteiger partial charge in [-0.15, -0.1) is 0 Å². The summed E-state index contributed by atoms with van der Waals surface area (Å²) in [7, 11) is 0. The van der Waals surface area contributed by atoms with Crippen molar-refractivity contribution >= 4 is 0 Å². The Morgan fingerprint density at radius 1 is 0.909 bits per heavy atom. The van der Waals surface area contributed by atoms with Gasteiger partial charge in [-0.05, 0) is 49.7 Å². The Morgan fingerprint density at radius 3 is 1.73 bits per heavy atom. The molecule has 0 bridgehead atoms. The van der Waals surface area contributed by atoms with Crippen molar-refractivity contribution in [3.05, 3.63) is 34.9 Å². The van der Waals surface area contributed by atoms with Crippen LogP contribution >= 0.6 is 0 Å². The first kappa shape index (κ1) is 16.6. The number of hydrogen-bond donors (Lipinski definition) is 1. The van der Waals surface area contributed by atoms with Crippen LogP contribution in [0.25, 0.3) is 0 Å². The van der Waals surface area contributed by atoms with Crippen LogP contribution in [0.5, 0.6) is 0 Å². The molecule has 0 saturated carbocycles. The van der Waals surface area contributed by atoms with Crippen molar-refractivity contribution in [1.82, 2.24) is 5.32 Å². The Bertz CT molecular complexity index is 559. The number of hydrogen-bond acceptors (Lipinski definition) is 2. The van der Waals surface area contributed by atoms with Crippen LogP contribution in [-0.2, 0) is 17.8 Å². The third-order valence-electron chi connectivity index (χ3n) is 3.81. The van der Waals surface area contributed by atoms with Crippen LogP contribution < -0.4 is 5.32 Å². The van der Waals surface area contributed by atoms with Crippen LogP contribution in [-0.4, -0.2) is 13.1 Å². The molecule has 1 heterocycles. The van der Waals surface area contributed by atoms with E-state index in [0.717, 1.165) is 0 Å². The van der Waals surface area contributed by atoms with Gasteiger partial charge in [0, 0.05) is 0 Å². The van der Waals surface area contributed by atoms with E-state index >= 15 is 0 Å². The number of piperidine rings is 1. The van der Waals surface area contributed by atoms with Gasteiger partial charge in [-0.1, -0.05) is 0 Å². The molecule has 0 amide bonds. The first-order chi connectivity index (χ1) is 10.1. The molecule has 120 valence electrons. The highest BCUT2D eigenvalue weighted by molar-refractivity contribution is 5.41. The summed E-state index contributed by atoms with van der Waals surface area (Å²) in [6.07, 6.45) is -9.47. The minimum absolute atomic E-state index is 0.0790. The number of benzene rings is 1. The molecule has 1 aromatic carbocycles. The first-order valence-corrected chi connectivity index (χ1v) is 6.50. The van der Waals surface area contributed by atoms with Crippen molar-refractivity contribution in [2.45, 2.75) is 30.6 Å². The molecule has 0 unspecified atom stereocenters. The fourth-order valence-electron chi connectivity index (χ4n) is 2.55. The summed E-state index contributed by atoms with van der Waals surface area (Å²) in [5.41, 5.74) is -4.32. The molecule has 8 heteroatoms. The van der Waals surface area contributed by atoms with E-state index in [-0.39, 0.29) is 24.5 Å². The average Bonchev–Trinajstić information content (AvgIpc) is 2.45. The summed E-state index contributed by atoms with van der Waals surface area (Å²) in [5, 5.41) is 12.3. The zero-order valence-electron chi connectivity index (χ0n) is 11.3. The van der Waals surface area contributed by atoms with Crippen LogP contribution in [0.15, 0.2) is 18.2 Å². The van der Waals surface area contributed by atoms with Gasteiger partial charge in [0.15, 0.2) is 0 Å². The quantitative estimate of drug-likeness (QED) is 0.797. The first-order valence-electron chi connectivity index (χ1n) is 6.50. The van der Waals surface area contributed by atoms with Crippen molar-refractivity contribution in [2.24, 2.45) is 0 Å². The standard InChI is InChI=1S/C14H12F6N2/c15-13(16,17)10-5-9(6-11(7-10)14(18,19)20)12(8-21)1-3-22-4-2-12/h5-7,22H,1-4H2. The van der Waals surface area contributed by atoms with Crippen LogP contribution in [0, 0.1) is 11.3 Å². The van der Waals surface area contributed by atoms with Gasteiger partial charge >= 0.3 is 12.4 Å². The summed E-state index contributed by atoms with van der Waals surface area (Å²) in [6, 6.07) is 3.31. The normalized spacial score (nSPS) is 18.8. The highest BCUT2D eigenvalue weighted by Gasteiger charge is 2.41. The molecule has 1 fully saturated rings. The van der Waals surface area contributed by atoms with E-state index in [2.05, 4.69) is 5.32 Å².